The summed E-state index contributed by atoms with van der Waals surface area (Å²) >= 11 is 0. The zero-order valence-electron chi connectivity index (χ0n) is 20.1. The molecule has 2 aliphatic rings. The molecule has 1 fully saturated rings. The number of carbonyl (C=O) groups excluding carboxylic acids is 2. The number of nitrogens with one attached hydrogen (secondary N) is 1. The van der Waals surface area contributed by atoms with Crippen LogP contribution in [0, 0.1) is 11.8 Å². The van der Waals surface area contributed by atoms with Gasteiger partial charge in [-0.3, -0.25) is 9.59 Å². The summed E-state index contributed by atoms with van der Waals surface area (Å²) in [6.45, 7) is 2.76. The van der Waals surface area contributed by atoms with Gasteiger partial charge >= 0.3 is 12.1 Å². The van der Waals surface area contributed by atoms with Gasteiger partial charge in [-0.15, -0.1) is 0 Å². The fraction of sp³-hybridized carbons (Fsp3) is 0.444. The molecular weight excluding hydrogens is 448 g/mol. The fourth-order valence-electron chi connectivity index (χ4n) is 4.95. The molecule has 2 aromatic rings. The number of amides is 2. The SMILES string of the molecule is CC(CN(C)C(=O)CC1COCCC1NC(=O)OCC1c2ccccc2-c2ccccc21)C(=O)O. The van der Waals surface area contributed by atoms with Crippen molar-refractivity contribution in [3.05, 3.63) is 59.7 Å². The highest BCUT2D eigenvalue weighted by Gasteiger charge is 2.32. The molecule has 0 bridgehead atoms. The van der Waals surface area contributed by atoms with E-state index in [1.165, 1.54) is 16.0 Å². The van der Waals surface area contributed by atoms with E-state index in [0.717, 1.165) is 11.1 Å². The average Bonchev–Trinajstić information content (AvgIpc) is 3.17. The summed E-state index contributed by atoms with van der Waals surface area (Å²) < 4.78 is 11.2. The van der Waals surface area contributed by atoms with Crippen LogP contribution in [0.3, 0.4) is 0 Å². The lowest BCUT2D eigenvalue weighted by molar-refractivity contribution is -0.143. The number of carboxylic acid groups (broad SMARTS) is 1. The maximum atomic E-state index is 12.7. The van der Waals surface area contributed by atoms with E-state index in [-0.39, 0.29) is 43.4 Å². The number of fused-ring (bicyclic) bond motifs is 3. The van der Waals surface area contributed by atoms with Crippen LogP contribution in [-0.4, -0.2) is 67.4 Å². The molecule has 0 aromatic heterocycles. The van der Waals surface area contributed by atoms with Crippen LogP contribution in [0.25, 0.3) is 11.1 Å². The number of rotatable bonds is 8. The number of nitrogens with zero attached hydrogens (tertiary/aromatic N) is 1. The van der Waals surface area contributed by atoms with Crippen molar-refractivity contribution in [1.29, 1.82) is 0 Å². The second-order valence-corrected chi connectivity index (χ2v) is 9.42. The van der Waals surface area contributed by atoms with Crippen LogP contribution in [0.15, 0.2) is 48.5 Å². The molecule has 1 aliphatic heterocycles. The Hall–Kier alpha value is -3.39. The molecular formula is C27H32N2O6. The number of benzene rings is 2. The fourth-order valence-corrected chi connectivity index (χ4v) is 4.95. The van der Waals surface area contributed by atoms with Crippen molar-refractivity contribution in [3.63, 3.8) is 0 Å². The predicted molar refractivity (Wildman–Crippen MR) is 130 cm³/mol. The Balaban J connectivity index is 1.34. The molecule has 8 heteroatoms. The zero-order valence-corrected chi connectivity index (χ0v) is 20.1. The highest BCUT2D eigenvalue weighted by molar-refractivity contribution is 5.79. The molecule has 3 unspecified atom stereocenters. The van der Waals surface area contributed by atoms with Gasteiger partial charge in [-0.1, -0.05) is 55.5 Å². The van der Waals surface area contributed by atoms with Gasteiger partial charge in [0.2, 0.25) is 5.91 Å². The lowest BCUT2D eigenvalue weighted by atomic mass is 9.92. The molecule has 3 atom stereocenters. The van der Waals surface area contributed by atoms with Crippen molar-refractivity contribution < 1.29 is 29.0 Å². The molecule has 2 amide bonds. The number of alkyl carbamates (subject to hydrolysis) is 1. The largest absolute Gasteiger partial charge is 0.481 e. The van der Waals surface area contributed by atoms with Crippen molar-refractivity contribution >= 4 is 18.0 Å². The number of hydrogen-bond acceptors (Lipinski definition) is 5. The van der Waals surface area contributed by atoms with Gasteiger partial charge in [-0.2, -0.15) is 0 Å². The predicted octanol–water partition coefficient (Wildman–Crippen LogP) is 3.50. The van der Waals surface area contributed by atoms with E-state index < -0.39 is 18.0 Å². The number of carbonyl (C=O) groups is 3. The third-order valence-corrected chi connectivity index (χ3v) is 6.95. The Kier molecular flexibility index (Phi) is 7.70. The number of aliphatic carboxylic acids is 1. The van der Waals surface area contributed by atoms with Crippen LogP contribution in [0.2, 0.25) is 0 Å². The minimum absolute atomic E-state index is 0.0231. The first-order valence-corrected chi connectivity index (χ1v) is 12.0. The summed E-state index contributed by atoms with van der Waals surface area (Å²) in [7, 11) is 1.60. The molecule has 1 heterocycles. The van der Waals surface area contributed by atoms with E-state index in [1.54, 1.807) is 14.0 Å². The number of carboxylic acids is 1. The third kappa shape index (κ3) is 5.65. The van der Waals surface area contributed by atoms with Crippen molar-refractivity contribution in [1.82, 2.24) is 10.2 Å². The molecule has 0 saturated carbocycles. The van der Waals surface area contributed by atoms with E-state index in [0.29, 0.717) is 19.6 Å². The van der Waals surface area contributed by atoms with Crippen LogP contribution in [0.1, 0.15) is 36.8 Å². The smallest absolute Gasteiger partial charge is 0.407 e. The Labute approximate surface area is 205 Å². The van der Waals surface area contributed by atoms with Crippen molar-refractivity contribution in [2.45, 2.75) is 31.7 Å². The van der Waals surface area contributed by atoms with E-state index in [4.69, 9.17) is 14.6 Å². The van der Waals surface area contributed by atoms with Gasteiger partial charge in [0.15, 0.2) is 0 Å². The molecule has 0 spiro atoms. The minimum atomic E-state index is -0.944. The lowest BCUT2D eigenvalue weighted by Crippen LogP contribution is -2.47. The van der Waals surface area contributed by atoms with E-state index in [9.17, 15) is 14.4 Å². The van der Waals surface area contributed by atoms with Gasteiger partial charge in [-0.25, -0.2) is 4.79 Å². The molecule has 35 heavy (non-hydrogen) atoms. The molecule has 8 nitrogen and oxygen atoms in total. The molecule has 0 radical (unpaired) electrons. The topological polar surface area (TPSA) is 105 Å². The summed E-state index contributed by atoms with van der Waals surface area (Å²) in [4.78, 5) is 37.9. The Morgan fingerprint density at radius 1 is 1.11 bits per heavy atom. The quantitative estimate of drug-likeness (QED) is 0.599. The standard InChI is InChI=1S/C27H32N2O6/c1-17(26(31)32)14-29(2)25(30)13-18-15-34-12-11-24(18)28-27(33)35-16-23-21-9-5-3-7-19(21)20-8-4-6-10-22(20)23/h3-10,17-18,23-24H,11-16H2,1-2H3,(H,28,33)(H,31,32). The summed E-state index contributed by atoms with van der Waals surface area (Å²) in [5, 5.41) is 12.0. The van der Waals surface area contributed by atoms with Gasteiger partial charge in [-0.05, 0) is 28.7 Å². The average molecular weight is 481 g/mol. The van der Waals surface area contributed by atoms with Crippen LogP contribution in [0.5, 0.6) is 0 Å². The Morgan fingerprint density at radius 2 is 1.74 bits per heavy atom. The molecule has 2 N–H and O–H groups in total. The van der Waals surface area contributed by atoms with E-state index in [1.807, 2.05) is 24.3 Å². The highest BCUT2D eigenvalue weighted by atomic mass is 16.5. The molecule has 186 valence electrons. The summed E-state index contributed by atoms with van der Waals surface area (Å²) in [5.74, 6) is -2.00. The van der Waals surface area contributed by atoms with E-state index in [2.05, 4.69) is 29.6 Å². The second-order valence-electron chi connectivity index (χ2n) is 9.42. The van der Waals surface area contributed by atoms with Crippen molar-refractivity contribution in [2.75, 3.05) is 33.4 Å². The summed E-state index contributed by atoms with van der Waals surface area (Å²) in [6.07, 6.45) is 0.234. The zero-order chi connectivity index (χ0) is 24.9. The van der Waals surface area contributed by atoms with Crippen LogP contribution >= 0.6 is 0 Å². The van der Waals surface area contributed by atoms with Gasteiger partial charge in [0, 0.05) is 44.5 Å². The van der Waals surface area contributed by atoms with Crippen LogP contribution in [-0.2, 0) is 19.1 Å². The molecule has 1 saturated heterocycles. The monoisotopic (exact) mass is 480 g/mol. The first-order valence-electron chi connectivity index (χ1n) is 12.0. The highest BCUT2D eigenvalue weighted by Crippen LogP contribution is 2.44. The maximum Gasteiger partial charge on any atom is 0.407 e. The summed E-state index contributed by atoms with van der Waals surface area (Å²) in [5.41, 5.74) is 4.63. The Morgan fingerprint density at radius 3 is 2.37 bits per heavy atom. The van der Waals surface area contributed by atoms with Crippen LogP contribution in [0.4, 0.5) is 4.79 Å². The molecule has 4 rings (SSSR count). The summed E-state index contributed by atoms with van der Waals surface area (Å²) in [6, 6.07) is 16.1. The van der Waals surface area contributed by atoms with Gasteiger partial charge < -0.3 is 24.8 Å². The number of hydrogen-bond donors (Lipinski definition) is 2. The van der Waals surface area contributed by atoms with Crippen molar-refractivity contribution in [2.24, 2.45) is 11.8 Å². The van der Waals surface area contributed by atoms with Crippen LogP contribution < -0.4 is 5.32 Å². The second kappa shape index (κ2) is 10.9. The lowest BCUT2D eigenvalue weighted by Gasteiger charge is -2.32. The maximum absolute atomic E-state index is 12.7. The third-order valence-electron chi connectivity index (χ3n) is 6.95. The van der Waals surface area contributed by atoms with Gasteiger partial charge in [0.1, 0.15) is 6.61 Å². The normalized spacial score (nSPS) is 19.8. The molecule has 2 aromatic carbocycles. The van der Waals surface area contributed by atoms with Gasteiger partial charge in [0.25, 0.3) is 0 Å². The van der Waals surface area contributed by atoms with E-state index >= 15 is 0 Å². The molecule has 1 aliphatic carbocycles. The van der Waals surface area contributed by atoms with Crippen molar-refractivity contribution in [3.8, 4) is 11.1 Å². The minimum Gasteiger partial charge on any atom is -0.481 e. The first kappa shape index (κ1) is 24.7. The first-order chi connectivity index (χ1) is 16.8. The Bertz CT molecular complexity index is 1040. The van der Waals surface area contributed by atoms with Gasteiger partial charge in [0.05, 0.1) is 12.5 Å². The number of ether oxygens (including phenoxy) is 2.